The summed E-state index contributed by atoms with van der Waals surface area (Å²) in [6.45, 7) is 6.95. The number of carbonyl (C=O) groups excluding carboxylic acids is 2. The molecule has 2 unspecified atom stereocenters. The van der Waals surface area contributed by atoms with Crippen LogP contribution in [-0.2, 0) is 14.3 Å². The fourth-order valence-corrected chi connectivity index (χ4v) is 3.14. The fraction of sp³-hybridized carbons (Fsp3) is 0.600. The van der Waals surface area contributed by atoms with E-state index in [0.717, 1.165) is 12.8 Å². The summed E-state index contributed by atoms with van der Waals surface area (Å²) in [5.41, 5.74) is 0.364. The van der Waals surface area contributed by atoms with Crippen molar-refractivity contribution in [2.24, 2.45) is 17.3 Å². The minimum absolute atomic E-state index is 0.0355. The van der Waals surface area contributed by atoms with Crippen LogP contribution in [0, 0.1) is 17.3 Å². The average molecular weight is 332 g/mol. The van der Waals surface area contributed by atoms with Crippen molar-refractivity contribution in [3.8, 4) is 0 Å². The summed E-state index contributed by atoms with van der Waals surface area (Å²) in [6.07, 6.45) is 4.35. The third kappa shape index (κ3) is 4.59. The third-order valence-electron chi connectivity index (χ3n) is 4.95. The van der Waals surface area contributed by atoms with Gasteiger partial charge in [0, 0.05) is 5.92 Å². The Bertz CT molecular complexity index is 550. The lowest BCUT2D eigenvalue weighted by atomic mass is 10.1. The van der Waals surface area contributed by atoms with Crippen molar-refractivity contribution in [1.82, 2.24) is 0 Å². The van der Waals surface area contributed by atoms with Crippen molar-refractivity contribution in [2.45, 2.75) is 46.5 Å². The number of unbranched alkanes of at least 4 members (excludes halogenated alkanes) is 3. The molecule has 1 aromatic rings. The molecule has 2 atom stereocenters. The number of hydrogen-bond acceptors (Lipinski definition) is 4. The zero-order valence-electron chi connectivity index (χ0n) is 14.9. The maximum atomic E-state index is 12.2. The fourth-order valence-electron chi connectivity index (χ4n) is 3.14. The zero-order valence-corrected chi connectivity index (χ0v) is 14.9. The molecule has 4 heteroatoms. The zero-order chi connectivity index (χ0) is 17.6. The molecule has 1 aliphatic carbocycles. The van der Waals surface area contributed by atoms with E-state index in [1.54, 1.807) is 24.3 Å². The molecule has 4 nitrogen and oxygen atoms in total. The standard InChI is InChI=1S/C20H28O4/c1-4-5-6-10-13-23-19(22)17-16(20(17,2)3)14-24-18(21)15-11-8-7-9-12-15/h7-9,11-12,16-17H,4-6,10,13-14H2,1-3H3. The predicted octanol–water partition coefficient (Wildman–Crippen LogP) is 4.24. The summed E-state index contributed by atoms with van der Waals surface area (Å²) in [4.78, 5) is 24.2. The topological polar surface area (TPSA) is 52.6 Å². The highest BCUT2D eigenvalue weighted by Crippen LogP contribution is 2.58. The van der Waals surface area contributed by atoms with Gasteiger partial charge < -0.3 is 9.47 Å². The van der Waals surface area contributed by atoms with Crippen molar-refractivity contribution in [2.75, 3.05) is 13.2 Å². The van der Waals surface area contributed by atoms with Crippen LogP contribution >= 0.6 is 0 Å². The minimum Gasteiger partial charge on any atom is -0.465 e. The molecule has 0 amide bonds. The molecule has 0 N–H and O–H groups in total. The molecule has 0 aliphatic heterocycles. The molecule has 0 bridgehead atoms. The largest absolute Gasteiger partial charge is 0.465 e. The van der Waals surface area contributed by atoms with Crippen LogP contribution in [0.1, 0.15) is 56.8 Å². The van der Waals surface area contributed by atoms with Crippen LogP contribution in [0.3, 0.4) is 0 Å². The van der Waals surface area contributed by atoms with Crippen LogP contribution in [0.5, 0.6) is 0 Å². The molecular weight excluding hydrogens is 304 g/mol. The normalized spacial score (nSPS) is 21.1. The van der Waals surface area contributed by atoms with Gasteiger partial charge in [0.1, 0.15) is 0 Å². The van der Waals surface area contributed by atoms with Gasteiger partial charge in [-0.3, -0.25) is 4.79 Å². The van der Waals surface area contributed by atoms with Gasteiger partial charge in [0.15, 0.2) is 0 Å². The van der Waals surface area contributed by atoms with E-state index in [4.69, 9.17) is 9.47 Å². The Kier molecular flexibility index (Phi) is 6.41. The highest BCUT2D eigenvalue weighted by molar-refractivity contribution is 5.89. The number of benzene rings is 1. The van der Waals surface area contributed by atoms with Crippen LogP contribution in [0.25, 0.3) is 0 Å². The Hall–Kier alpha value is -1.84. The highest BCUT2D eigenvalue weighted by Gasteiger charge is 2.63. The lowest BCUT2D eigenvalue weighted by Gasteiger charge is -2.05. The predicted molar refractivity (Wildman–Crippen MR) is 92.6 cm³/mol. The Labute approximate surface area is 144 Å². The first-order valence-electron chi connectivity index (χ1n) is 8.87. The van der Waals surface area contributed by atoms with Crippen molar-refractivity contribution in [3.05, 3.63) is 35.9 Å². The Morgan fingerprint density at radius 3 is 2.42 bits per heavy atom. The van der Waals surface area contributed by atoms with Gasteiger partial charge in [-0.2, -0.15) is 0 Å². The molecule has 1 saturated carbocycles. The number of ether oxygens (including phenoxy) is 2. The molecule has 0 radical (unpaired) electrons. The molecule has 0 saturated heterocycles. The molecule has 1 aromatic carbocycles. The van der Waals surface area contributed by atoms with Gasteiger partial charge in [-0.25, -0.2) is 4.79 Å². The van der Waals surface area contributed by atoms with E-state index in [9.17, 15) is 9.59 Å². The van der Waals surface area contributed by atoms with E-state index >= 15 is 0 Å². The van der Waals surface area contributed by atoms with E-state index in [0.29, 0.717) is 12.2 Å². The molecular formula is C20H28O4. The van der Waals surface area contributed by atoms with Crippen LogP contribution in [0.2, 0.25) is 0 Å². The highest BCUT2D eigenvalue weighted by atomic mass is 16.5. The monoisotopic (exact) mass is 332 g/mol. The Morgan fingerprint density at radius 2 is 1.75 bits per heavy atom. The van der Waals surface area contributed by atoms with Gasteiger partial charge in [-0.15, -0.1) is 0 Å². The number of rotatable bonds is 9. The van der Waals surface area contributed by atoms with Crippen molar-refractivity contribution in [3.63, 3.8) is 0 Å². The van der Waals surface area contributed by atoms with Crippen LogP contribution in [0.4, 0.5) is 0 Å². The maximum Gasteiger partial charge on any atom is 0.338 e. The van der Waals surface area contributed by atoms with Crippen molar-refractivity contribution >= 4 is 11.9 Å². The Morgan fingerprint density at radius 1 is 1.04 bits per heavy atom. The Balaban J connectivity index is 1.75. The van der Waals surface area contributed by atoms with Crippen LogP contribution in [0.15, 0.2) is 30.3 Å². The second-order valence-electron chi connectivity index (χ2n) is 7.10. The van der Waals surface area contributed by atoms with E-state index in [1.165, 1.54) is 12.8 Å². The summed E-state index contributed by atoms with van der Waals surface area (Å²) in [5, 5.41) is 0. The second-order valence-corrected chi connectivity index (χ2v) is 7.10. The van der Waals surface area contributed by atoms with Gasteiger partial charge in [-0.1, -0.05) is 58.2 Å². The summed E-state index contributed by atoms with van der Waals surface area (Å²) in [7, 11) is 0. The molecule has 0 aromatic heterocycles. The lowest BCUT2D eigenvalue weighted by molar-refractivity contribution is -0.146. The molecule has 1 aliphatic rings. The molecule has 0 heterocycles. The smallest absolute Gasteiger partial charge is 0.338 e. The average Bonchev–Trinajstić information content (AvgIpc) is 3.14. The molecule has 0 spiro atoms. The van der Waals surface area contributed by atoms with Crippen molar-refractivity contribution < 1.29 is 19.1 Å². The van der Waals surface area contributed by atoms with E-state index < -0.39 is 0 Å². The molecule has 2 rings (SSSR count). The quantitative estimate of drug-likeness (QED) is 0.501. The molecule has 1 fully saturated rings. The van der Waals surface area contributed by atoms with Crippen molar-refractivity contribution in [1.29, 1.82) is 0 Å². The SMILES string of the molecule is CCCCCCOC(=O)C1C(COC(=O)c2ccccc2)C1(C)C. The number of hydrogen-bond donors (Lipinski definition) is 0. The first kappa shape index (κ1) is 18.5. The number of esters is 2. The summed E-state index contributed by atoms with van der Waals surface area (Å²) < 4.78 is 10.8. The van der Waals surface area contributed by atoms with Crippen LogP contribution in [-0.4, -0.2) is 25.2 Å². The van der Waals surface area contributed by atoms with Crippen LogP contribution < -0.4 is 0 Å². The first-order valence-corrected chi connectivity index (χ1v) is 8.87. The maximum absolute atomic E-state index is 12.2. The molecule has 24 heavy (non-hydrogen) atoms. The third-order valence-corrected chi connectivity index (χ3v) is 4.95. The summed E-state index contributed by atoms with van der Waals surface area (Å²) >= 11 is 0. The van der Waals surface area contributed by atoms with E-state index in [1.807, 2.05) is 19.9 Å². The number of carbonyl (C=O) groups is 2. The van der Waals surface area contributed by atoms with Gasteiger partial charge >= 0.3 is 11.9 Å². The van der Waals surface area contributed by atoms with Gasteiger partial charge in [0.05, 0.1) is 24.7 Å². The second kappa shape index (κ2) is 8.32. The molecule has 132 valence electrons. The van der Waals surface area contributed by atoms with E-state index in [2.05, 4.69) is 6.92 Å². The summed E-state index contributed by atoms with van der Waals surface area (Å²) in [5.74, 6) is -0.636. The first-order chi connectivity index (χ1) is 11.5. The van der Waals surface area contributed by atoms with E-state index in [-0.39, 0.29) is 35.8 Å². The minimum atomic E-state index is -0.343. The lowest BCUT2D eigenvalue weighted by Crippen LogP contribution is -2.13. The van der Waals surface area contributed by atoms with Gasteiger partial charge in [0.25, 0.3) is 0 Å². The summed E-state index contributed by atoms with van der Waals surface area (Å²) in [6, 6.07) is 8.91. The van der Waals surface area contributed by atoms with Gasteiger partial charge in [0.2, 0.25) is 0 Å². The van der Waals surface area contributed by atoms with Gasteiger partial charge in [-0.05, 0) is 24.0 Å².